The first-order valence-electron chi connectivity index (χ1n) is 8.53. The molecule has 5 heteroatoms. The van der Waals surface area contributed by atoms with Crippen LogP contribution in [0.1, 0.15) is 30.8 Å². The van der Waals surface area contributed by atoms with Crippen LogP contribution in [0.5, 0.6) is 0 Å². The maximum atomic E-state index is 11.1. The van der Waals surface area contributed by atoms with Gasteiger partial charge in [0.05, 0.1) is 0 Å². The first-order valence-corrected chi connectivity index (χ1v) is 8.90. The van der Waals surface area contributed by atoms with E-state index in [9.17, 15) is 4.79 Å². The molecule has 0 atom stereocenters. The number of amides is 1. The fourth-order valence-electron chi connectivity index (χ4n) is 2.70. The van der Waals surface area contributed by atoms with Crippen LogP contribution in [0.25, 0.3) is 11.4 Å². The molecule has 0 aliphatic heterocycles. The highest BCUT2D eigenvalue weighted by Crippen LogP contribution is 2.21. The van der Waals surface area contributed by atoms with Crippen LogP contribution in [0, 0.1) is 0 Å². The highest BCUT2D eigenvalue weighted by Gasteiger charge is 2.08. The standard InChI is InChI=1S/C21H20ClN3O/c1-3-18-13-20(11-15-7-9-19(10-8-15)23-14(2)26)25-21(24-18)16-5-4-6-17(22)12-16/h4-10,12-13H,3,11H2,1-2H3,(H,23,26). The van der Waals surface area contributed by atoms with Gasteiger partial charge in [-0.1, -0.05) is 42.8 Å². The largest absolute Gasteiger partial charge is 0.326 e. The van der Waals surface area contributed by atoms with Gasteiger partial charge in [0.1, 0.15) is 0 Å². The summed E-state index contributed by atoms with van der Waals surface area (Å²) in [5.41, 5.74) is 4.78. The average molecular weight is 366 g/mol. The molecule has 1 amide bonds. The van der Waals surface area contributed by atoms with Crippen LogP contribution in [-0.4, -0.2) is 15.9 Å². The van der Waals surface area contributed by atoms with Crippen LogP contribution >= 0.6 is 11.6 Å². The zero-order valence-corrected chi connectivity index (χ0v) is 15.5. The molecular weight excluding hydrogens is 346 g/mol. The number of nitrogens with zero attached hydrogens (tertiary/aromatic N) is 2. The second-order valence-electron chi connectivity index (χ2n) is 6.09. The Morgan fingerprint density at radius 2 is 1.77 bits per heavy atom. The van der Waals surface area contributed by atoms with Crippen molar-refractivity contribution in [3.8, 4) is 11.4 Å². The van der Waals surface area contributed by atoms with E-state index in [1.54, 1.807) is 0 Å². The van der Waals surface area contributed by atoms with Crippen LogP contribution in [0.15, 0.2) is 54.6 Å². The van der Waals surface area contributed by atoms with Gasteiger partial charge in [0, 0.05) is 41.0 Å². The molecule has 0 bridgehead atoms. The Hall–Kier alpha value is -2.72. The number of hydrogen-bond acceptors (Lipinski definition) is 3. The van der Waals surface area contributed by atoms with Crippen molar-refractivity contribution in [3.05, 3.63) is 76.6 Å². The summed E-state index contributed by atoms with van der Waals surface area (Å²) in [6.45, 7) is 3.58. The van der Waals surface area contributed by atoms with Crippen molar-refractivity contribution in [1.29, 1.82) is 0 Å². The molecule has 3 rings (SSSR count). The Labute approximate surface area is 158 Å². The Morgan fingerprint density at radius 3 is 2.42 bits per heavy atom. The number of hydrogen-bond donors (Lipinski definition) is 1. The molecule has 0 saturated heterocycles. The van der Waals surface area contributed by atoms with Crippen molar-refractivity contribution >= 4 is 23.2 Å². The third-order valence-electron chi connectivity index (χ3n) is 3.94. The van der Waals surface area contributed by atoms with Gasteiger partial charge in [-0.15, -0.1) is 0 Å². The van der Waals surface area contributed by atoms with Crippen LogP contribution in [0.3, 0.4) is 0 Å². The second kappa shape index (κ2) is 8.11. The van der Waals surface area contributed by atoms with E-state index in [2.05, 4.69) is 17.2 Å². The highest BCUT2D eigenvalue weighted by molar-refractivity contribution is 6.30. The van der Waals surface area contributed by atoms with Gasteiger partial charge in [-0.05, 0) is 42.3 Å². The molecule has 4 nitrogen and oxygen atoms in total. The molecule has 0 unspecified atom stereocenters. The number of carbonyl (C=O) groups excluding carboxylic acids is 1. The summed E-state index contributed by atoms with van der Waals surface area (Å²) in [7, 11) is 0. The number of halogens is 1. The number of aryl methyl sites for hydroxylation is 1. The molecule has 3 aromatic rings. The minimum Gasteiger partial charge on any atom is -0.326 e. The number of rotatable bonds is 5. The van der Waals surface area contributed by atoms with Gasteiger partial charge in [-0.2, -0.15) is 0 Å². The lowest BCUT2D eigenvalue weighted by Crippen LogP contribution is -2.05. The van der Waals surface area contributed by atoms with E-state index in [0.29, 0.717) is 17.3 Å². The minimum absolute atomic E-state index is 0.0766. The quantitative estimate of drug-likeness (QED) is 0.699. The lowest BCUT2D eigenvalue weighted by molar-refractivity contribution is -0.114. The van der Waals surface area contributed by atoms with E-state index in [-0.39, 0.29) is 5.91 Å². The molecular formula is C21H20ClN3O. The van der Waals surface area contributed by atoms with E-state index >= 15 is 0 Å². The van der Waals surface area contributed by atoms with E-state index in [1.165, 1.54) is 6.92 Å². The molecule has 1 N–H and O–H groups in total. The van der Waals surface area contributed by atoms with Crippen LogP contribution < -0.4 is 5.32 Å². The zero-order chi connectivity index (χ0) is 18.5. The van der Waals surface area contributed by atoms with Gasteiger partial charge in [0.25, 0.3) is 0 Å². The normalized spacial score (nSPS) is 10.6. The summed E-state index contributed by atoms with van der Waals surface area (Å²) in [4.78, 5) is 20.5. The molecule has 0 saturated carbocycles. The molecule has 0 radical (unpaired) electrons. The molecule has 0 spiro atoms. The lowest BCUT2D eigenvalue weighted by atomic mass is 10.1. The van der Waals surface area contributed by atoms with E-state index in [4.69, 9.17) is 16.6 Å². The summed E-state index contributed by atoms with van der Waals surface area (Å²) >= 11 is 6.10. The lowest BCUT2D eigenvalue weighted by Gasteiger charge is -2.09. The van der Waals surface area contributed by atoms with Crippen molar-refractivity contribution in [2.75, 3.05) is 5.32 Å². The molecule has 2 aromatic carbocycles. The number of nitrogens with one attached hydrogen (secondary N) is 1. The third-order valence-corrected chi connectivity index (χ3v) is 4.17. The number of benzene rings is 2. The summed E-state index contributed by atoms with van der Waals surface area (Å²) in [5.74, 6) is 0.615. The maximum Gasteiger partial charge on any atom is 0.221 e. The summed E-state index contributed by atoms with van der Waals surface area (Å²) < 4.78 is 0. The Kier molecular flexibility index (Phi) is 5.64. The Balaban J connectivity index is 1.87. The molecule has 26 heavy (non-hydrogen) atoms. The van der Waals surface area contributed by atoms with Crippen LogP contribution in [0.2, 0.25) is 5.02 Å². The second-order valence-corrected chi connectivity index (χ2v) is 6.53. The van der Waals surface area contributed by atoms with Gasteiger partial charge in [-0.3, -0.25) is 4.79 Å². The van der Waals surface area contributed by atoms with Crippen molar-refractivity contribution in [1.82, 2.24) is 9.97 Å². The molecule has 1 aromatic heterocycles. The molecule has 132 valence electrons. The van der Waals surface area contributed by atoms with Gasteiger partial charge in [0.15, 0.2) is 5.82 Å². The molecule has 1 heterocycles. The SMILES string of the molecule is CCc1cc(Cc2ccc(NC(C)=O)cc2)nc(-c2cccc(Cl)c2)n1. The first kappa shape index (κ1) is 18.1. The topological polar surface area (TPSA) is 54.9 Å². The van der Waals surface area contributed by atoms with Crippen molar-refractivity contribution in [3.63, 3.8) is 0 Å². The Bertz CT molecular complexity index is 923. The van der Waals surface area contributed by atoms with Gasteiger partial charge in [0.2, 0.25) is 5.91 Å². The number of carbonyl (C=O) groups is 1. The molecule has 0 fully saturated rings. The maximum absolute atomic E-state index is 11.1. The predicted molar refractivity (Wildman–Crippen MR) is 105 cm³/mol. The van der Waals surface area contributed by atoms with Gasteiger partial charge < -0.3 is 5.32 Å². The summed E-state index contributed by atoms with van der Waals surface area (Å²) in [6, 6.07) is 17.4. The third kappa shape index (κ3) is 4.67. The zero-order valence-electron chi connectivity index (χ0n) is 14.8. The summed E-state index contributed by atoms with van der Waals surface area (Å²) in [5, 5.41) is 3.44. The minimum atomic E-state index is -0.0766. The first-order chi connectivity index (χ1) is 12.5. The average Bonchev–Trinajstić information content (AvgIpc) is 2.62. The molecule has 0 aliphatic rings. The van der Waals surface area contributed by atoms with Crippen LogP contribution in [-0.2, 0) is 17.6 Å². The predicted octanol–water partition coefficient (Wildman–Crippen LogP) is 4.91. The smallest absolute Gasteiger partial charge is 0.221 e. The highest BCUT2D eigenvalue weighted by atomic mass is 35.5. The van der Waals surface area contributed by atoms with Crippen LogP contribution in [0.4, 0.5) is 5.69 Å². The molecule has 0 aliphatic carbocycles. The van der Waals surface area contributed by atoms with E-state index in [1.807, 2.05) is 54.6 Å². The number of anilines is 1. The van der Waals surface area contributed by atoms with Crippen molar-refractivity contribution < 1.29 is 4.79 Å². The number of aromatic nitrogens is 2. The monoisotopic (exact) mass is 365 g/mol. The fraction of sp³-hybridized carbons (Fsp3) is 0.190. The van der Waals surface area contributed by atoms with E-state index in [0.717, 1.165) is 34.6 Å². The fourth-order valence-corrected chi connectivity index (χ4v) is 2.89. The van der Waals surface area contributed by atoms with Crippen molar-refractivity contribution in [2.45, 2.75) is 26.7 Å². The van der Waals surface area contributed by atoms with Gasteiger partial charge in [-0.25, -0.2) is 9.97 Å². The van der Waals surface area contributed by atoms with E-state index < -0.39 is 0 Å². The van der Waals surface area contributed by atoms with Gasteiger partial charge >= 0.3 is 0 Å². The van der Waals surface area contributed by atoms with Crippen molar-refractivity contribution in [2.24, 2.45) is 0 Å². The Morgan fingerprint density at radius 1 is 1.04 bits per heavy atom. The summed E-state index contributed by atoms with van der Waals surface area (Å²) in [6.07, 6.45) is 1.54.